The lowest BCUT2D eigenvalue weighted by atomic mass is 9.94. The maximum absolute atomic E-state index is 12.2. The molecule has 0 spiro atoms. The molecule has 106 valence electrons. The number of oxazole rings is 1. The minimum atomic E-state index is -0.0666. The molecule has 5 nitrogen and oxygen atoms in total. The molecule has 5 heteroatoms. The summed E-state index contributed by atoms with van der Waals surface area (Å²) in [5.41, 5.74) is 6.07. The van der Waals surface area contributed by atoms with Crippen molar-refractivity contribution < 1.29 is 9.21 Å². The van der Waals surface area contributed by atoms with E-state index < -0.39 is 0 Å². The Kier molecular flexibility index (Phi) is 4.96. The first kappa shape index (κ1) is 14.1. The van der Waals surface area contributed by atoms with Gasteiger partial charge in [-0.25, -0.2) is 4.98 Å². The molecule has 2 rings (SSSR count). The summed E-state index contributed by atoms with van der Waals surface area (Å²) >= 11 is 0. The quantitative estimate of drug-likeness (QED) is 0.813. The smallest absolute Gasteiger partial charge is 0.225 e. The van der Waals surface area contributed by atoms with Gasteiger partial charge in [-0.2, -0.15) is 0 Å². The number of hydrogen-bond donors (Lipinski definition) is 2. The van der Waals surface area contributed by atoms with Crippen molar-refractivity contribution in [1.82, 2.24) is 10.3 Å². The number of carbonyl (C=O) groups is 1. The van der Waals surface area contributed by atoms with Crippen LogP contribution in [0.2, 0.25) is 0 Å². The first-order valence-corrected chi connectivity index (χ1v) is 7.17. The molecule has 0 bridgehead atoms. The van der Waals surface area contributed by atoms with E-state index >= 15 is 0 Å². The van der Waals surface area contributed by atoms with Crippen LogP contribution in [0.3, 0.4) is 0 Å². The van der Waals surface area contributed by atoms with Crippen molar-refractivity contribution in [2.75, 3.05) is 0 Å². The van der Waals surface area contributed by atoms with Crippen LogP contribution in [-0.4, -0.2) is 16.9 Å². The Morgan fingerprint density at radius 2 is 2.26 bits per heavy atom. The van der Waals surface area contributed by atoms with E-state index in [9.17, 15) is 4.79 Å². The molecule has 19 heavy (non-hydrogen) atoms. The standard InChI is InChI=1S/C14H23N3O2/c1-2-10-8-16-13(19-10)9-17-14(18)11-6-4-3-5-7-12(11)15/h8,11-12H,2-7,9,15H2,1H3,(H,17,18). The molecule has 1 aromatic rings. The van der Waals surface area contributed by atoms with Gasteiger partial charge in [-0.15, -0.1) is 0 Å². The van der Waals surface area contributed by atoms with Crippen molar-refractivity contribution in [3.8, 4) is 0 Å². The molecule has 0 aromatic carbocycles. The van der Waals surface area contributed by atoms with E-state index in [0.717, 1.165) is 37.9 Å². The molecule has 3 N–H and O–H groups in total. The van der Waals surface area contributed by atoms with Gasteiger partial charge in [-0.1, -0.05) is 26.2 Å². The zero-order chi connectivity index (χ0) is 13.7. The largest absolute Gasteiger partial charge is 0.444 e. The number of aromatic nitrogens is 1. The van der Waals surface area contributed by atoms with Gasteiger partial charge in [0.2, 0.25) is 11.8 Å². The van der Waals surface area contributed by atoms with E-state index in [2.05, 4.69) is 10.3 Å². The van der Waals surface area contributed by atoms with Gasteiger partial charge in [0.15, 0.2) is 0 Å². The Labute approximate surface area is 114 Å². The molecular weight excluding hydrogens is 242 g/mol. The number of nitrogens with one attached hydrogen (secondary N) is 1. The summed E-state index contributed by atoms with van der Waals surface area (Å²) < 4.78 is 5.46. The third-order valence-corrected chi connectivity index (χ3v) is 3.77. The highest BCUT2D eigenvalue weighted by atomic mass is 16.4. The van der Waals surface area contributed by atoms with Gasteiger partial charge in [0.1, 0.15) is 5.76 Å². The highest BCUT2D eigenvalue weighted by Gasteiger charge is 2.26. The van der Waals surface area contributed by atoms with Crippen LogP contribution < -0.4 is 11.1 Å². The Morgan fingerprint density at radius 1 is 1.47 bits per heavy atom. The van der Waals surface area contributed by atoms with Gasteiger partial charge < -0.3 is 15.5 Å². The molecule has 1 aliphatic rings. The summed E-state index contributed by atoms with van der Waals surface area (Å²) in [4.78, 5) is 16.3. The van der Waals surface area contributed by atoms with Crippen LogP contribution in [0.1, 0.15) is 50.7 Å². The van der Waals surface area contributed by atoms with Crippen LogP contribution in [0.25, 0.3) is 0 Å². The molecule has 1 aliphatic carbocycles. The SMILES string of the molecule is CCc1cnc(CNC(=O)C2CCCCCC2N)o1. The average molecular weight is 265 g/mol. The van der Waals surface area contributed by atoms with E-state index in [1.165, 1.54) is 6.42 Å². The maximum atomic E-state index is 12.2. The minimum Gasteiger partial charge on any atom is -0.444 e. The predicted molar refractivity (Wildman–Crippen MR) is 72.3 cm³/mol. The van der Waals surface area contributed by atoms with Gasteiger partial charge in [-0.3, -0.25) is 4.79 Å². The number of rotatable bonds is 4. The van der Waals surface area contributed by atoms with Gasteiger partial charge in [0.05, 0.1) is 18.7 Å². The van der Waals surface area contributed by atoms with Crippen LogP contribution in [0, 0.1) is 5.92 Å². The number of nitrogens with two attached hydrogens (primary N) is 1. The molecule has 1 heterocycles. The molecular formula is C14H23N3O2. The summed E-state index contributed by atoms with van der Waals surface area (Å²) in [6.45, 7) is 2.36. The number of amides is 1. The monoisotopic (exact) mass is 265 g/mol. The molecule has 1 fully saturated rings. The summed E-state index contributed by atoms with van der Waals surface area (Å²) in [7, 11) is 0. The van der Waals surface area contributed by atoms with E-state index in [1.54, 1.807) is 6.20 Å². The second-order valence-electron chi connectivity index (χ2n) is 5.20. The zero-order valence-corrected chi connectivity index (χ0v) is 11.5. The Morgan fingerprint density at radius 3 is 3.00 bits per heavy atom. The maximum Gasteiger partial charge on any atom is 0.225 e. The molecule has 2 unspecified atom stereocenters. The minimum absolute atomic E-state index is 0.0155. The number of aryl methyl sites for hydroxylation is 1. The molecule has 1 amide bonds. The van der Waals surface area contributed by atoms with Gasteiger partial charge in [0, 0.05) is 12.5 Å². The lowest BCUT2D eigenvalue weighted by molar-refractivity contribution is -0.126. The first-order chi connectivity index (χ1) is 9.20. The van der Waals surface area contributed by atoms with Crippen molar-refractivity contribution in [3.63, 3.8) is 0 Å². The fourth-order valence-electron chi connectivity index (χ4n) is 2.55. The summed E-state index contributed by atoms with van der Waals surface area (Å²) in [5, 5.41) is 2.89. The van der Waals surface area contributed by atoms with Crippen molar-refractivity contribution in [2.45, 2.75) is 58.0 Å². The first-order valence-electron chi connectivity index (χ1n) is 7.17. The van der Waals surface area contributed by atoms with Gasteiger partial charge in [-0.05, 0) is 12.8 Å². The third-order valence-electron chi connectivity index (χ3n) is 3.77. The summed E-state index contributed by atoms with van der Waals surface area (Å²) in [6, 6.07) is -0.0155. The van der Waals surface area contributed by atoms with Crippen LogP contribution in [0.5, 0.6) is 0 Å². The van der Waals surface area contributed by atoms with Crippen molar-refractivity contribution in [3.05, 3.63) is 17.8 Å². The molecule has 0 aliphatic heterocycles. The third kappa shape index (κ3) is 3.80. The topological polar surface area (TPSA) is 81.2 Å². The molecule has 0 saturated heterocycles. The Balaban J connectivity index is 1.85. The lowest BCUT2D eigenvalue weighted by Crippen LogP contribution is -2.41. The zero-order valence-electron chi connectivity index (χ0n) is 11.5. The predicted octanol–water partition coefficient (Wildman–Crippen LogP) is 1.76. The highest BCUT2D eigenvalue weighted by molar-refractivity contribution is 5.79. The lowest BCUT2D eigenvalue weighted by Gasteiger charge is -2.20. The second kappa shape index (κ2) is 6.70. The second-order valence-corrected chi connectivity index (χ2v) is 5.20. The summed E-state index contributed by atoms with van der Waals surface area (Å²) in [6.07, 6.45) is 7.75. The number of hydrogen-bond acceptors (Lipinski definition) is 4. The van der Waals surface area contributed by atoms with Gasteiger partial charge in [0.25, 0.3) is 0 Å². The van der Waals surface area contributed by atoms with Gasteiger partial charge >= 0.3 is 0 Å². The average Bonchev–Trinajstić information content (AvgIpc) is 2.77. The van der Waals surface area contributed by atoms with Crippen LogP contribution in [-0.2, 0) is 17.8 Å². The molecule has 0 radical (unpaired) electrons. The Bertz CT molecular complexity index is 417. The molecule has 2 atom stereocenters. The van der Waals surface area contributed by atoms with E-state index in [-0.39, 0.29) is 17.9 Å². The Hall–Kier alpha value is -1.36. The summed E-state index contributed by atoms with van der Waals surface area (Å²) in [5.74, 6) is 1.37. The van der Waals surface area contributed by atoms with Crippen molar-refractivity contribution in [2.24, 2.45) is 11.7 Å². The fraction of sp³-hybridized carbons (Fsp3) is 0.714. The van der Waals surface area contributed by atoms with Crippen LogP contribution in [0.4, 0.5) is 0 Å². The van der Waals surface area contributed by atoms with Crippen molar-refractivity contribution in [1.29, 1.82) is 0 Å². The number of nitrogens with zero attached hydrogens (tertiary/aromatic N) is 1. The fourth-order valence-corrected chi connectivity index (χ4v) is 2.55. The highest BCUT2D eigenvalue weighted by Crippen LogP contribution is 2.22. The van der Waals surface area contributed by atoms with E-state index in [0.29, 0.717) is 12.4 Å². The van der Waals surface area contributed by atoms with Crippen molar-refractivity contribution >= 4 is 5.91 Å². The van der Waals surface area contributed by atoms with E-state index in [4.69, 9.17) is 10.2 Å². The van der Waals surface area contributed by atoms with Crippen LogP contribution in [0.15, 0.2) is 10.6 Å². The normalized spacial score (nSPS) is 23.9. The van der Waals surface area contributed by atoms with Crippen LogP contribution >= 0.6 is 0 Å². The molecule has 1 aromatic heterocycles. The molecule has 1 saturated carbocycles. The van der Waals surface area contributed by atoms with E-state index in [1.807, 2.05) is 6.92 Å². The number of carbonyl (C=O) groups excluding carboxylic acids is 1.